The highest BCUT2D eigenvalue weighted by molar-refractivity contribution is 6.30. The molecule has 2 rings (SSSR count). The summed E-state index contributed by atoms with van der Waals surface area (Å²) < 4.78 is 24.4. The number of aliphatic hydroxyl groups is 1. The number of aliphatic hydroxyl groups excluding tert-OH is 1. The molecule has 128 valence electrons. The van der Waals surface area contributed by atoms with E-state index in [4.69, 9.17) is 21.1 Å². The van der Waals surface area contributed by atoms with Gasteiger partial charge in [-0.3, -0.25) is 0 Å². The van der Waals surface area contributed by atoms with E-state index in [2.05, 4.69) is 0 Å². The number of halogens is 2. The van der Waals surface area contributed by atoms with Gasteiger partial charge in [0, 0.05) is 6.54 Å². The van der Waals surface area contributed by atoms with Gasteiger partial charge in [-0.1, -0.05) is 17.7 Å². The average molecular weight is 346 g/mol. The van der Waals surface area contributed by atoms with Gasteiger partial charge in [0.2, 0.25) is 0 Å². The second-order valence-electron chi connectivity index (χ2n) is 6.45. The Morgan fingerprint density at radius 3 is 2.83 bits per heavy atom. The van der Waals surface area contributed by atoms with E-state index in [0.29, 0.717) is 12.1 Å². The monoisotopic (exact) mass is 345 g/mol. The molecule has 0 radical (unpaired) electrons. The Morgan fingerprint density at radius 1 is 1.52 bits per heavy atom. The van der Waals surface area contributed by atoms with Crippen molar-refractivity contribution in [1.29, 1.82) is 0 Å². The molecule has 1 heterocycles. The molecule has 1 aliphatic rings. The van der Waals surface area contributed by atoms with Crippen LogP contribution in [0.3, 0.4) is 0 Å². The lowest BCUT2D eigenvalue weighted by Crippen LogP contribution is -2.49. The van der Waals surface area contributed by atoms with Crippen molar-refractivity contribution in [3.8, 4) is 0 Å². The normalized spacial score (nSPS) is 20.3. The van der Waals surface area contributed by atoms with Crippen LogP contribution in [0.4, 0.5) is 9.18 Å². The van der Waals surface area contributed by atoms with Gasteiger partial charge in [0.05, 0.1) is 18.2 Å². The molecule has 0 bridgehead atoms. The summed E-state index contributed by atoms with van der Waals surface area (Å²) >= 11 is 5.64. The van der Waals surface area contributed by atoms with Crippen molar-refractivity contribution in [3.05, 3.63) is 34.6 Å². The second-order valence-corrected chi connectivity index (χ2v) is 6.86. The first-order valence-corrected chi connectivity index (χ1v) is 7.78. The lowest BCUT2D eigenvalue weighted by molar-refractivity contribution is -0.0908. The quantitative estimate of drug-likeness (QED) is 0.894. The lowest BCUT2D eigenvalue weighted by atomic mass is 10.0. The molecule has 1 amide bonds. The molecule has 0 aliphatic carbocycles. The molecule has 23 heavy (non-hydrogen) atoms. The number of carbonyl (C=O) groups is 1. The number of ether oxygens (including phenoxy) is 2. The van der Waals surface area contributed by atoms with Crippen molar-refractivity contribution in [3.63, 3.8) is 0 Å². The predicted molar refractivity (Wildman–Crippen MR) is 83.9 cm³/mol. The van der Waals surface area contributed by atoms with Gasteiger partial charge < -0.3 is 19.5 Å². The van der Waals surface area contributed by atoms with Crippen LogP contribution in [0.2, 0.25) is 5.02 Å². The molecule has 5 nitrogen and oxygen atoms in total. The summed E-state index contributed by atoms with van der Waals surface area (Å²) in [7, 11) is 0. The average Bonchev–Trinajstić information content (AvgIpc) is 2.48. The van der Waals surface area contributed by atoms with Crippen LogP contribution >= 0.6 is 11.6 Å². The zero-order valence-corrected chi connectivity index (χ0v) is 14.1. The number of carbonyl (C=O) groups excluding carboxylic acids is 1. The third kappa shape index (κ3) is 4.80. The van der Waals surface area contributed by atoms with Crippen LogP contribution in [-0.2, 0) is 9.47 Å². The predicted octanol–water partition coefficient (Wildman–Crippen LogP) is 3.15. The topological polar surface area (TPSA) is 59.0 Å². The van der Waals surface area contributed by atoms with E-state index >= 15 is 0 Å². The van der Waals surface area contributed by atoms with E-state index in [1.54, 1.807) is 20.8 Å². The van der Waals surface area contributed by atoms with Crippen LogP contribution in [0.5, 0.6) is 0 Å². The molecule has 0 saturated carbocycles. The van der Waals surface area contributed by atoms with Crippen LogP contribution in [0, 0.1) is 5.82 Å². The zero-order chi connectivity index (χ0) is 17.2. The number of benzene rings is 1. The summed E-state index contributed by atoms with van der Waals surface area (Å²) in [6.45, 7) is 6.18. The lowest BCUT2D eigenvalue weighted by Gasteiger charge is -2.36. The van der Waals surface area contributed by atoms with Gasteiger partial charge in [-0.2, -0.15) is 0 Å². The van der Waals surface area contributed by atoms with Crippen LogP contribution in [0.25, 0.3) is 0 Å². The number of nitrogens with zero attached hydrogens (tertiary/aromatic N) is 1. The van der Waals surface area contributed by atoms with Gasteiger partial charge in [-0.25, -0.2) is 9.18 Å². The molecular weight excluding hydrogens is 325 g/mol. The van der Waals surface area contributed by atoms with Crippen LogP contribution < -0.4 is 0 Å². The fourth-order valence-corrected chi connectivity index (χ4v) is 2.39. The second kappa shape index (κ2) is 7.03. The van der Waals surface area contributed by atoms with Gasteiger partial charge in [-0.05, 0) is 38.5 Å². The highest BCUT2D eigenvalue weighted by Gasteiger charge is 2.32. The molecular formula is C16H21ClFNO4. The smallest absolute Gasteiger partial charge is 0.410 e. The Morgan fingerprint density at radius 2 is 2.22 bits per heavy atom. The molecule has 1 aliphatic heterocycles. The summed E-state index contributed by atoms with van der Waals surface area (Å²) in [5, 5.41) is 10.4. The summed E-state index contributed by atoms with van der Waals surface area (Å²) in [6.07, 6.45) is -2.18. The minimum absolute atomic E-state index is 0.0131. The molecule has 0 aromatic heterocycles. The highest BCUT2D eigenvalue weighted by Crippen LogP contribution is 2.26. The maximum atomic E-state index is 13.5. The Bertz CT molecular complexity index is 576. The number of hydrogen-bond donors (Lipinski definition) is 1. The van der Waals surface area contributed by atoms with Gasteiger partial charge in [0.25, 0.3) is 0 Å². The maximum absolute atomic E-state index is 13.5. The van der Waals surface area contributed by atoms with Crippen molar-refractivity contribution in [2.45, 2.75) is 38.6 Å². The van der Waals surface area contributed by atoms with Gasteiger partial charge in [0.15, 0.2) is 0 Å². The first-order chi connectivity index (χ1) is 10.7. The van der Waals surface area contributed by atoms with E-state index in [-0.39, 0.29) is 18.2 Å². The van der Waals surface area contributed by atoms with Gasteiger partial charge >= 0.3 is 6.09 Å². The first kappa shape index (κ1) is 18.0. The number of rotatable bonds is 2. The third-order valence-corrected chi connectivity index (χ3v) is 3.69. The van der Waals surface area contributed by atoms with Crippen molar-refractivity contribution in [1.82, 2.24) is 4.90 Å². The van der Waals surface area contributed by atoms with E-state index in [1.807, 2.05) is 0 Å². The number of amides is 1. The van der Waals surface area contributed by atoms with Gasteiger partial charge in [-0.15, -0.1) is 0 Å². The zero-order valence-electron chi connectivity index (χ0n) is 13.4. The molecule has 1 fully saturated rings. The molecule has 1 N–H and O–H groups in total. The summed E-state index contributed by atoms with van der Waals surface area (Å²) in [5.41, 5.74) is -0.244. The SMILES string of the molecule is CC(C)(C)OC(=O)N1CCO[C@H]([C@@H](O)c2ccc(Cl)c(F)c2)C1. The number of morpholine rings is 1. The molecule has 1 saturated heterocycles. The molecule has 2 atom stereocenters. The van der Waals surface area contributed by atoms with E-state index < -0.39 is 29.7 Å². The van der Waals surface area contributed by atoms with Crippen molar-refractivity contribution in [2.24, 2.45) is 0 Å². The largest absolute Gasteiger partial charge is 0.444 e. The van der Waals surface area contributed by atoms with Gasteiger partial charge in [0.1, 0.15) is 23.6 Å². The van der Waals surface area contributed by atoms with Crippen molar-refractivity contribution in [2.75, 3.05) is 19.7 Å². The Kier molecular flexibility index (Phi) is 5.49. The number of hydrogen-bond acceptors (Lipinski definition) is 4. The molecule has 1 aromatic rings. The van der Waals surface area contributed by atoms with E-state index in [9.17, 15) is 14.3 Å². The molecule has 0 spiro atoms. The molecule has 0 unspecified atom stereocenters. The fraction of sp³-hybridized carbons (Fsp3) is 0.562. The van der Waals surface area contributed by atoms with Crippen molar-refractivity contribution >= 4 is 17.7 Å². The minimum Gasteiger partial charge on any atom is -0.444 e. The third-order valence-electron chi connectivity index (χ3n) is 3.38. The van der Waals surface area contributed by atoms with Crippen LogP contribution in [-0.4, -0.2) is 47.5 Å². The summed E-state index contributed by atoms with van der Waals surface area (Å²) in [6, 6.07) is 4.08. The Balaban J connectivity index is 2.05. The fourth-order valence-electron chi connectivity index (χ4n) is 2.27. The van der Waals surface area contributed by atoms with Crippen molar-refractivity contribution < 1.29 is 23.8 Å². The van der Waals surface area contributed by atoms with Crippen LogP contribution in [0.15, 0.2) is 18.2 Å². The standard InChI is InChI=1S/C16H21ClFNO4/c1-16(2,3)23-15(21)19-6-7-22-13(9-19)14(20)10-4-5-11(17)12(18)8-10/h4-5,8,13-14,20H,6-7,9H2,1-3H3/t13-,14-/m0/s1. The Labute approximate surface area is 139 Å². The van der Waals surface area contributed by atoms with Crippen LogP contribution in [0.1, 0.15) is 32.4 Å². The Hall–Kier alpha value is -1.37. The van der Waals surface area contributed by atoms with E-state index in [1.165, 1.54) is 23.1 Å². The summed E-state index contributed by atoms with van der Waals surface area (Å²) in [4.78, 5) is 13.6. The summed E-state index contributed by atoms with van der Waals surface area (Å²) in [5.74, 6) is -0.608. The first-order valence-electron chi connectivity index (χ1n) is 7.40. The van der Waals surface area contributed by atoms with E-state index in [0.717, 1.165) is 0 Å². The highest BCUT2D eigenvalue weighted by atomic mass is 35.5. The molecule has 1 aromatic carbocycles. The maximum Gasteiger partial charge on any atom is 0.410 e. The molecule has 7 heteroatoms. The minimum atomic E-state index is -1.06.